The van der Waals surface area contributed by atoms with Gasteiger partial charge in [0.1, 0.15) is 5.25 Å². The van der Waals surface area contributed by atoms with Crippen molar-refractivity contribution in [3.8, 4) is 0 Å². The molecule has 0 N–H and O–H groups in total. The standard InChI is InChI=1S/C17H10NO2S/c19-17-18-11-5-1-2-7-13(11)21-14-9-8-10-4-3-6-12(20-17)15(10)16(14)18/h1-9,13H/q+1. The van der Waals surface area contributed by atoms with E-state index in [2.05, 4.69) is 24.3 Å². The highest BCUT2D eigenvalue weighted by Gasteiger charge is 2.32. The van der Waals surface area contributed by atoms with E-state index in [4.69, 9.17) is 4.42 Å². The first-order chi connectivity index (χ1) is 10.3. The van der Waals surface area contributed by atoms with E-state index in [1.54, 1.807) is 16.0 Å². The number of thioether (sulfide) groups is 1. The molecule has 0 saturated heterocycles. The average molecular weight is 292 g/mol. The van der Waals surface area contributed by atoms with E-state index in [1.165, 1.54) is 0 Å². The highest BCUT2D eigenvalue weighted by Crippen LogP contribution is 2.38. The van der Waals surface area contributed by atoms with Crippen molar-refractivity contribution in [2.24, 2.45) is 0 Å². The maximum atomic E-state index is 12.5. The molecule has 2 aliphatic rings. The molecular formula is C17H10NO2S+. The van der Waals surface area contributed by atoms with Gasteiger partial charge in [-0.3, -0.25) is 0 Å². The molecule has 0 radical (unpaired) electrons. The molecule has 1 aromatic heterocycles. The van der Waals surface area contributed by atoms with Gasteiger partial charge in [0.25, 0.3) is 0 Å². The van der Waals surface area contributed by atoms with E-state index >= 15 is 0 Å². The topological polar surface area (TPSA) is 36.1 Å². The van der Waals surface area contributed by atoms with E-state index in [9.17, 15) is 4.79 Å². The molecule has 2 heterocycles. The van der Waals surface area contributed by atoms with Crippen molar-refractivity contribution < 1.29 is 8.66 Å². The van der Waals surface area contributed by atoms with Gasteiger partial charge >= 0.3 is 5.76 Å². The molecule has 3 nitrogen and oxygen atoms in total. The van der Waals surface area contributed by atoms with Crippen LogP contribution >= 0.6 is 11.8 Å². The van der Waals surface area contributed by atoms with Gasteiger partial charge in [-0.2, -0.15) is 4.79 Å². The number of aromatic nitrogens is 1. The van der Waals surface area contributed by atoms with Gasteiger partial charge in [0.05, 0.1) is 10.3 Å². The monoisotopic (exact) mass is 292 g/mol. The van der Waals surface area contributed by atoms with Crippen LogP contribution in [-0.2, 0) is 0 Å². The van der Waals surface area contributed by atoms with Gasteiger partial charge in [-0.05, 0) is 17.5 Å². The molecule has 3 aromatic rings. The van der Waals surface area contributed by atoms with Gasteiger partial charge in [-0.25, -0.2) is 0 Å². The largest absolute Gasteiger partial charge is 0.608 e. The molecule has 4 heteroatoms. The Balaban J connectivity index is 2.17. The van der Waals surface area contributed by atoms with Crippen LogP contribution in [0.1, 0.15) is 0 Å². The van der Waals surface area contributed by atoms with Crippen LogP contribution in [0.3, 0.4) is 0 Å². The van der Waals surface area contributed by atoms with E-state index < -0.39 is 0 Å². The number of hydrogen-bond donors (Lipinski definition) is 0. The minimum atomic E-state index is -0.317. The van der Waals surface area contributed by atoms with Crippen LogP contribution in [0.25, 0.3) is 21.9 Å². The van der Waals surface area contributed by atoms with Gasteiger partial charge < -0.3 is 4.42 Å². The van der Waals surface area contributed by atoms with Crippen LogP contribution in [0, 0.1) is 5.71 Å². The second-order valence-corrected chi connectivity index (χ2v) is 6.36. The molecule has 21 heavy (non-hydrogen) atoms. The SMILES string of the molecule is O=c1oc2cccc3ccc4c(c32)[n+]1=C1C=CC=CC1S4. The van der Waals surface area contributed by atoms with Crippen LogP contribution in [-0.4, -0.2) is 5.25 Å². The molecule has 0 spiro atoms. The Bertz CT molecular complexity index is 1090. The number of benzene rings is 2. The lowest BCUT2D eigenvalue weighted by Gasteiger charge is -2.16. The number of allylic oxidation sites excluding steroid dienone is 3. The molecule has 0 bridgehead atoms. The summed E-state index contributed by atoms with van der Waals surface area (Å²) >= 11 is 1.78. The van der Waals surface area contributed by atoms with Crippen LogP contribution < -0.4 is 10.00 Å². The maximum Gasteiger partial charge on any atom is 0.608 e. The zero-order valence-electron chi connectivity index (χ0n) is 10.9. The lowest BCUT2D eigenvalue weighted by molar-refractivity contribution is -0.525. The lowest BCUT2D eigenvalue weighted by atomic mass is 10.1. The van der Waals surface area contributed by atoms with Gasteiger partial charge in [0.15, 0.2) is 5.58 Å². The Morgan fingerprint density at radius 1 is 1.14 bits per heavy atom. The molecule has 100 valence electrons. The summed E-state index contributed by atoms with van der Waals surface area (Å²) < 4.78 is 7.27. The van der Waals surface area contributed by atoms with Gasteiger partial charge in [-0.15, -0.1) is 11.8 Å². The predicted octanol–water partition coefficient (Wildman–Crippen LogP) is 2.93. The second-order valence-electron chi connectivity index (χ2n) is 5.18. The number of rotatable bonds is 0. The van der Waals surface area contributed by atoms with Crippen LogP contribution in [0.4, 0.5) is 0 Å². The predicted molar refractivity (Wildman–Crippen MR) is 82.3 cm³/mol. The van der Waals surface area contributed by atoms with Crippen LogP contribution in [0.15, 0.2) is 68.7 Å². The van der Waals surface area contributed by atoms with Crippen molar-refractivity contribution in [1.29, 1.82) is 0 Å². The summed E-state index contributed by atoms with van der Waals surface area (Å²) in [4.78, 5) is 13.6. The number of nitrogens with zero attached hydrogens (tertiary/aromatic N) is 1. The lowest BCUT2D eigenvalue weighted by Crippen LogP contribution is -2.44. The summed E-state index contributed by atoms with van der Waals surface area (Å²) in [5.41, 5.74) is 2.60. The molecule has 1 atom stereocenters. The summed E-state index contributed by atoms with van der Waals surface area (Å²) in [5, 5.41) is 2.28. The third-order valence-electron chi connectivity index (χ3n) is 4.01. The third-order valence-corrected chi connectivity index (χ3v) is 5.25. The molecule has 0 fully saturated rings. The Kier molecular flexibility index (Phi) is 2.08. The average Bonchev–Trinajstić information content (AvgIpc) is 2.52. The van der Waals surface area contributed by atoms with Crippen LogP contribution in [0.5, 0.6) is 0 Å². The van der Waals surface area contributed by atoms with Gasteiger partial charge in [-0.1, -0.05) is 40.7 Å². The van der Waals surface area contributed by atoms with Crippen molar-refractivity contribution in [1.82, 2.24) is 0 Å². The highest BCUT2D eigenvalue weighted by atomic mass is 32.2. The molecule has 1 unspecified atom stereocenters. The van der Waals surface area contributed by atoms with Crippen molar-refractivity contribution in [2.75, 3.05) is 0 Å². The Morgan fingerprint density at radius 2 is 2.10 bits per heavy atom. The number of fused-ring (bicyclic) bond motifs is 1. The molecule has 2 aromatic carbocycles. The molecule has 0 saturated carbocycles. The Hall–Kier alpha value is -2.33. The van der Waals surface area contributed by atoms with Crippen LogP contribution in [0.2, 0.25) is 0 Å². The zero-order chi connectivity index (χ0) is 14.0. The quantitative estimate of drug-likeness (QED) is 0.598. The van der Waals surface area contributed by atoms with Gasteiger partial charge in [0, 0.05) is 6.08 Å². The number of hydrogen-bond acceptors (Lipinski definition) is 3. The molecular weight excluding hydrogens is 282 g/mol. The van der Waals surface area contributed by atoms with Crippen molar-refractivity contribution in [2.45, 2.75) is 10.1 Å². The maximum absolute atomic E-state index is 12.5. The second kappa shape index (κ2) is 3.86. The fourth-order valence-electron chi connectivity index (χ4n) is 3.13. The van der Waals surface area contributed by atoms with E-state index in [1.807, 2.05) is 30.4 Å². The first-order valence-corrected chi connectivity index (χ1v) is 7.67. The molecule has 1 aliphatic carbocycles. The van der Waals surface area contributed by atoms with Crippen molar-refractivity contribution in [3.63, 3.8) is 0 Å². The third kappa shape index (κ3) is 1.40. The molecule has 5 rings (SSSR count). The van der Waals surface area contributed by atoms with Crippen molar-refractivity contribution in [3.05, 3.63) is 70.9 Å². The summed E-state index contributed by atoms with van der Waals surface area (Å²) in [6.45, 7) is 0. The normalized spacial score (nSPS) is 19.4. The minimum absolute atomic E-state index is 0.165. The zero-order valence-corrected chi connectivity index (χ0v) is 11.8. The Labute approximate surface area is 123 Å². The summed E-state index contributed by atoms with van der Waals surface area (Å²) in [6.07, 6.45) is 8.09. The first kappa shape index (κ1) is 11.3. The molecule has 1 aliphatic heterocycles. The Morgan fingerprint density at radius 3 is 3.05 bits per heavy atom. The first-order valence-electron chi connectivity index (χ1n) is 6.79. The van der Waals surface area contributed by atoms with E-state index in [0.29, 0.717) is 5.58 Å². The smallest absolute Gasteiger partial charge is 0.371 e. The van der Waals surface area contributed by atoms with Crippen molar-refractivity contribution >= 4 is 33.6 Å². The summed E-state index contributed by atoms with van der Waals surface area (Å²) in [6, 6.07) is 10.0. The molecule has 0 amide bonds. The summed E-state index contributed by atoms with van der Waals surface area (Å²) in [5.74, 6) is -0.317. The minimum Gasteiger partial charge on any atom is -0.371 e. The fourth-order valence-corrected chi connectivity index (χ4v) is 4.33. The van der Waals surface area contributed by atoms with E-state index in [-0.39, 0.29) is 11.0 Å². The van der Waals surface area contributed by atoms with Gasteiger partial charge in [0.2, 0.25) is 11.2 Å². The fraction of sp³-hybridized carbons (Fsp3) is 0.0588. The highest BCUT2D eigenvalue weighted by molar-refractivity contribution is 8.00. The van der Waals surface area contributed by atoms with E-state index in [0.717, 1.165) is 26.9 Å². The summed E-state index contributed by atoms with van der Waals surface area (Å²) in [7, 11) is 0.